The molecule has 1 unspecified atom stereocenters. The Morgan fingerprint density at radius 1 is 1.39 bits per heavy atom. The summed E-state index contributed by atoms with van der Waals surface area (Å²) in [6.45, 7) is 3.55. The Bertz CT molecular complexity index is 881. The van der Waals surface area contributed by atoms with E-state index >= 15 is 0 Å². The number of imidazole rings is 1. The number of rotatable bonds is 3. The monoisotopic (exact) mass is 310 g/mol. The maximum Gasteiger partial charge on any atom is 0.178 e. The number of nitrogens with zero attached hydrogens (tertiary/aromatic N) is 4. The van der Waals surface area contributed by atoms with Gasteiger partial charge in [0.05, 0.1) is 37.7 Å². The lowest BCUT2D eigenvalue weighted by atomic mass is 9.97. The van der Waals surface area contributed by atoms with Crippen LogP contribution < -0.4 is 0 Å². The van der Waals surface area contributed by atoms with Crippen molar-refractivity contribution in [2.45, 2.75) is 38.8 Å². The van der Waals surface area contributed by atoms with E-state index in [4.69, 9.17) is 14.4 Å². The van der Waals surface area contributed by atoms with Crippen LogP contribution in [0.3, 0.4) is 0 Å². The first-order valence-electron chi connectivity index (χ1n) is 7.94. The zero-order chi connectivity index (χ0) is 15.8. The molecule has 0 saturated carbocycles. The lowest BCUT2D eigenvalue weighted by molar-refractivity contribution is -0.0168. The lowest BCUT2D eigenvalue weighted by Gasteiger charge is -2.28. The molecular weight excluding hydrogens is 292 g/mol. The summed E-state index contributed by atoms with van der Waals surface area (Å²) in [6.07, 6.45) is 6.06. The lowest BCUT2D eigenvalue weighted by Crippen LogP contribution is -2.28. The highest BCUT2D eigenvalue weighted by Crippen LogP contribution is 2.28. The number of aromatic nitrogens is 3. The van der Waals surface area contributed by atoms with Crippen LogP contribution in [0.5, 0.6) is 0 Å². The van der Waals surface area contributed by atoms with Gasteiger partial charge < -0.3 is 13.7 Å². The summed E-state index contributed by atoms with van der Waals surface area (Å²) in [5.41, 5.74) is 3.52. The maximum absolute atomic E-state index is 8.77. The summed E-state index contributed by atoms with van der Waals surface area (Å²) in [7, 11) is 0. The van der Waals surface area contributed by atoms with Crippen LogP contribution in [0, 0.1) is 24.2 Å². The van der Waals surface area contributed by atoms with Gasteiger partial charge in [-0.05, 0) is 19.8 Å². The molecule has 3 aromatic heterocycles. The second kappa shape index (κ2) is 5.67. The van der Waals surface area contributed by atoms with Gasteiger partial charge in [-0.1, -0.05) is 0 Å². The van der Waals surface area contributed by atoms with Crippen LogP contribution in [0.2, 0.25) is 0 Å². The van der Waals surface area contributed by atoms with Crippen LogP contribution in [0.4, 0.5) is 0 Å². The van der Waals surface area contributed by atoms with Crippen molar-refractivity contribution >= 4 is 22.1 Å². The van der Waals surface area contributed by atoms with E-state index < -0.39 is 0 Å². The Morgan fingerprint density at radius 2 is 2.30 bits per heavy atom. The summed E-state index contributed by atoms with van der Waals surface area (Å²) < 4.78 is 13.7. The Kier molecular flexibility index (Phi) is 3.50. The van der Waals surface area contributed by atoms with Crippen molar-refractivity contribution in [2.24, 2.45) is 5.92 Å². The second-order valence-corrected chi connectivity index (χ2v) is 6.16. The minimum atomic E-state index is 0.0952. The first-order chi connectivity index (χ1) is 11.3. The van der Waals surface area contributed by atoms with Gasteiger partial charge in [0.1, 0.15) is 22.4 Å². The van der Waals surface area contributed by atoms with Gasteiger partial charge in [-0.3, -0.25) is 4.98 Å². The van der Waals surface area contributed by atoms with Crippen LogP contribution in [0.1, 0.15) is 25.1 Å². The molecule has 0 amide bonds. The molecule has 1 saturated heterocycles. The molecule has 1 aliphatic rings. The molecule has 2 atom stereocenters. The third kappa shape index (κ3) is 2.47. The number of fused-ring (bicyclic) bond motifs is 3. The van der Waals surface area contributed by atoms with Crippen LogP contribution in [-0.4, -0.2) is 27.2 Å². The summed E-state index contributed by atoms with van der Waals surface area (Å²) in [5.74, 6) is 1.39. The molecule has 0 bridgehead atoms. The third-order valence-electron chi connectivity index (χ3n) is 4.60. The topological polar surface area (TPSA) is 76.9 Å². The number of hydrogen-bond donors (Lipinski definition) is 0. The number of nitriles is 1. The minimum absolute atomic E-state index is 0.0952. The van der Waals surface area contributed by atoms with Crippen molar-refractivity contribution in [3.8, 4) is 6.07 Å². The zero-order valence-electron chi connectivity index (χ0n) is 13.0. The fraction of sp³-hybridized carbons (Fsp3) is 0.471. The summed E-state index contributed by atoms with van der Waals surface area (Å²) in [4.78, 5) is 8.99. The van der Waals surface area contributed by atoms with Crippen molar-refractivity contribution in [3.05, 3.63) is 24.4 Å². The molecule has 0 spiro atoms. The van der Waals surface area contributed by atoms with E-state index in [1.165, 1.54) is 0 Å². The predicted octanol–water partition coefficient (Wildman–Crippen LogP) is 3.19. The molecule has 4 rings (SSSR count). The van der Waals surface area contributed by atoms with Gasteiger partial charge in [0.2, 0.25) is 0 Å². The summed E-state index contributed by atoms with van der Waals surface area (Å²) in [6, 6.07) is 4.06. The quantitative estimate of drug-likeness (QED) is 0.742. The number of ether oxygens (including phenoxy) is 1. The van der Waals surface area contributed by atoms with Crippen molar-refractivity contribution in [3.63, 3.8) is 0 Å². The first-order valence-corrected chi connectivity index (χ1v) is 7.94. The molecule has 118 valence electrons. The van der Waals surface area contributed by atoms with Gasteiger partial charge in [-0.15, -0.1) is 0 Å². The zero-order valence-corrected chi connectivity index (χ0v) is 13.0. The van der Waals surface area contributed by atoms with E-state index in [0.29, 0.717) is 18.9 Å². The average molecular weight is 310 g/mol. The average Bonchev–Trinajstić information content (AvgIpc) is 3.14. The normalized spacial score (nSPS) is 21.7. The van der Waals surface area contributed by atoms with Crippen LogP contribution in [-0.2, 0) is 11.3 Å². The molecule has 6 nitrogen and oxygen atoms in total. The van der Waals surface area contributed by atoms with E-state index in [-0.39, 0.29) is 6.10 Å². The fourth-order valence-corrected chi connectivity index (χ4v) is 3.38. The van der Waals surface area contributed by atoms with Crippen LogP contribution in [0.25, 0.3) is 22.1 Å². The number of aryl methyl sites for hydroxylation is 1. The van der Waals surface area contributed by atoms with Gasteiger partial charge in [-0.2, -0.15) is 5.26 Å². The molecule has 0 aliphatic carbocycles. The molecule has 4 heterocycles. The van der Waals surface area contributed by atoms with Crippen LogP contribution in [0.15, 0.2) is 22.9 Å². The molecule has 0 N–H and O–H groups in total. The molecule has 0 radical (unpaired) electrons. The molecule has 23 heavy (non-hydrogen) atoms. The Hall–Kier alpha value is -2.39. The molecule has 3 aromatic rings. The number of furan rings is 1. The highest BCUT2D eigenvalue weighted by atomic mass is 16.5. The molecule has 1 fully saturated rings. The number of pyridine rings is 1. The van der Waals surface area contributed by atoms with E-state index in [2.05, 4.69) is 20.6 Å². The van der Waals surface area contributed by atoms with E-state index in [9.17, 15) is 0 Å². The van der Waals surface area contributed by atoms with E-state index in [1.807, 2.05) is 13.0 Å². The van der Waals surface area contributed by atoms with Crippen molar-refractivity contribution in [1.29, 1.82) is 5.26 Å². The molecule has 0 aromatic carbocycles. The number of hydrogen-bond acceptors (Lipinski definition) is 5. The Labute approximate surface area is 133 Å². The first kappa shape index (κ1) is 14.2. The Balaban J connectivity index is 1.63. The largest absolute Gasteiger partial charge is 0.460 e. The van der Waals surface area contributed by atoms with Gasteiger partial charge in [-0.25, -0.2) is 4.98 Å². The molecule has 1 aliphatic heterocycles. The maximum atomic E-state index is 8.77. The molecule has 6 heteroatoms. The van der Waals surface area contributed by atoms with Crippen LogP contribution >= 0.6 is 0 Å². The van der Waals surface area contributed by atoms with Gasteiger partial charge in [0.25, 0.3) is 0 Å². The van der Waals surface area contributed by atoms with E-state index in [0.717, 1.165) is 47.3 Å². The van der Waals surface area contributed by atoms with Gasteiger partial charge >= 0.3 is 0 Å². The standard InChI is InChI=1S/C17H18N4O2/c1-11-20-15-8-19-14-5-7-22-17(14)16(15)21(11)9-12-2-3-13(4-6-18)23-10-12/h5,7-8,12-13H,2-4,9-10H2,1H3/t12-,13?/m1/s1. The van der Waals surface area contributed by atoms with Crippen molar-refractivity contribution < 1.29 is 9.15 Å². The fourth-order valence-electron chi connectivity index (χ4n) is 3.38. The van der Waals surface area contributed by atoms with Gasteiger partial charge in [0.15, 0.2) is 5.58 Å². The molecular formula is C17H18N4O2. The smallest absolute Gasteiger partial charge is 0.178 e. The minimum Gasteiger partial charge on any atom is -0.460 e. The van der Waals surface area contributed by atoms with Crippen molar-refractivity contribution in [1.82, 2.24) is 14.5 Å². The summed E-state index contributed by atoms with van der Waals surface area (Å²) >= 11 is 0. The van der Waals surface area contributed by atoms with Gasteiger partial charge in [0, 0.05) is 18.5 Å². The SMILES string of the molecule is Cc1nc2cnc3ccoc3c2n1C[C@H]1CCC(CC#N)OC1. The highest BCUT2D eigenvalue weighted by Gasteiger charge is 2.24. The second-order valence-electron chi connectivity index (χ2n) is 6.16. The predicted molar refractivity (Wildman–Crippen MR) is 84.7 cm³/mol. The highest BCUT2D eigenvalue weighted by molar-refractivity contribution is 5.98. The Morgan fingerprint density at radius 3 is 3.09 bits per heavy atom. The summed E-state index contributed by atoms with van der Waals surface area (Å²) in [5, 5.41) is 8.77. The third-order valence-corrected chi connectivity index (χ3v) is 4.60. The van der Waals surface area contributed by atoms with E-state index in [1.54, 1.807) is 12.5 Å². The van der Waals surface area contributed by atoms with Crippen molar-refractivity contribution in [2.75, 3.05) is 6.61 Å².